The average Bonchev–Trinajstić information content (AvgIpc) is 2.82. The largest absolute Gasteiger partial charge is 0.390 e. The standard InChI is InChI=1S/C19H27N3O3/c1-14-8-10-21(11-9-14)12-16(23)13-22-17(24)19(2,20-18(22)25)15-6-4-3-5-7-15/h3-7,14,16,23H,8-13H2,1-2H3,(H,20,25)/t16-,19+/m1/s1. The van der Waals surface area contributed by atoms with E-state index in [1.807, 2.05) is 30.3 Å². The summed E-state index contributed by atoms with van der Waals surface area (Å²) in [4.78, 5) is 28.5. The van der Waals surface area contributed by atoms with Gasteiger partial charge in [0.05, 0.1) is 12.6 Å². The molecule has 136 valence electrons. The second-order valence-electron chi connectivity index (χ2n) is 7.47. The van der Waals surface area contributed by atoms with Crippen LogP contribution >= 0.6 is 0 Å². The zero-order valence-corrected chi connectivity index (χ0v) is 14.9. The number of urea groups is 1. The first kappa shape index (κ1) is 17.9. The molecule has 6 nitrogen and oxygen atoms in total. The molecule has 2 atom stereocenters. The number of imide groups is 1. The quantitative estimate of drug-likeness (QED) is 0.794. The molecule has 2 saturated heterocycles. The van der Waals surface area contributed by atoms with Gasteiger partial charge in [0.2, 0.25) is 0 Å². The number of carbonyl (C=O) groups excluding carboxylic acids is 2. The van der Waals surface area contributed by atoms with Crippen molar-refractivity contribution < 1.29 is 14.7 Å². The fourth-order valence-electron chi connectivity index (χ4n) is 3.64. The van der Waals surface area contributed by atoms with E-state index in [1.165, 1.54) is 0 Å². The van der Waals surface area contributed by atoms with E-state index in [0.717, 1.165) is 42.3 Å². The highest BCUT2D eigenvalue weighted by molar-refractivity contribution is 6.07. The third-order valence-corrected chi connectivity index (χ3v) is 5.36. The lowest BCUT2D eigenvalue weighted by Gasteiger charge is -2.32. The Morgan fingerprint density at radius 3 is 2.48 bits per heavy atom. The van der Waals surface area contributed by atoms with Crippen molar-refractivity contribution in [2.75, 3.05) is 26.2 Å². The van der Waals surface area contributed by atoms with Gasteiger partial charge in [0.1, 0.15) is 5.54 Å². The Morgan fingerprint density at radius 2 is 1.84 bits per heavy atom. The van der Waals surface area contributed by atoms with Crippen LogP contribution in [-0.2, 0) is 10.3 Å². The van der Waals surface area contributed by atoms with Gasteiger partial charge in [-0.1, -0.05) is 37.3 Å². The van der Waals surface area contributed by atoms with E-state index in [2.05, 4.69) is 17.1 Å². The van der Waals surface area contributed by atoms with Crippen molar-refractivity contribution in [3.63, 3.8) is 0 Å². The fraction of sp³-hybridized carbons (Fsp3) is 0.579. The van der Waals surface area contributed by atoms with Gasteiger partial charge in [0, 0.05) is 6.54 Å². The lowest BCUT2D eigenvalue weighted by atomic mass is 9.92. The van der Waals surface area contributed by atoms with Gasteiger partial charge in [-0.15, -0.1) is 0 Å². The Hall–Kier alpha value is -1.92. The number of aliphatic hydroxyl groups excluding tert-OH is 1. The number of β-amino-alcohol motifs (C(OH)–C–C–N with tert-alkyl or cyclic N) is 1. The van der Waals surface area contributed by atoms with E-state index in [0.29, 0.717) is 6.54 Å². The van der Waals surface area contributed by atoms with Crippen LogP contribution in [0.4, 0.5) is 4.79 Å². The summed E-state index contributed by atoms with van der Waals surface area (Å²) >= 11 is 0. The molecule has 1 aromatic carbocycles. The molecule has 2 aliphatic heterocycles. The smallest absolute Gasteiger partial charge is 0.325 e. The molecule has 0 radical (unpaired) electrons. The number of hydrogen-bond acceptors (Lipinski definition) is 4. The summed E-state index contributed by atoms with van der Waals surface area (Å²) in [6.07, 6.45) is 1.52. The summed E-state index contributed by atoms with van der Waals surface area (Å²) in [6.45, 7) is 6.39. The summed E-state index contributed by atoms with van der Waals surface area (Å²) < 4.78 is 0. The molecule has 2 N–H and O–H groups in total. The average molecular weight is 345 g/mol. The third-order valence-electron chi connectivity index (χ3n) is 5.36. The van der Waals surface area contributed by atoms with Crippen molar-refractivity contribution in [2.24, 2.45) is 5.92 Å². The minimum absolute atomic E-state index is 0.0269. The van der Waals surface area contributed by atoms with Gasteiger partial charge >= 0.3 is 6.03 Å². The van der Waals surface area contributed by atoms with Gasteiger partial charge in [-0.2, -0.15) is 0 Å². The number of carbonyl (C=O) groups is 2. The number of aliphatic hydroxyl groups is 1. The molecule has 3 rings (SSSR count). The molecule has 2 heterocycles. The van der Waals surface area contributed by atoms with E-state index >= 15 is 0 Å². The first-order chi connectivity index (χ1) is 11.9. The molecule has 3 amide bonds. The van der Waals surface area contributed by atoms with Gasteiger partial charge in [0.25, 0.3) is 5.91 Å². The van der Waals surface area contributed by atoms with Crippen LogP contribution in [0, 0.1) is 5.92 Å². The summed E-state index contributed by atoms with van der Waals surface area (Å²) in [5.74, 6) is 0.418. The van der Waals surface area contributed by atoms with Gasteiger partial charge in [-0.05, 0) is 44.3 Å². The molecular weight excluding hydrogens is 318 g/mol. The SMILES string of the molecule is CC1CCN(C[C@@H](O)CN2C(=O)N[C@@](C)(c3ccccc3)C2=O)CC1. The number of likely N-dealkylation sites (tertiary alicyclic amines) is 1. The van der Waals surface area contributed by atoms with Gasteiger partial charge in [0.15, 0.2) is 0 Å². The van der Waals surface area contributed by atoms with Crippen LogP contribution in [0.25, 0.3) is 0 Å². The number of nitrogens with one attached hydrogen (secondary N) is 1. The first-order valence-electron chi connectivity index (χ1n) is 9.00. The van der Waals surface area contributed by atoms with Crippen LogP contribution < -0.4 is 5.32 Å². The second-order valence-corrected chi connectivity index (χ2v) is 7.47. The van der Waals surface area contributed by atoms with Crippen LogP contribution in [-0.4, -0.2) is 59.1 Å². The summed E-state index contributed by atoms with van der Waals surface area (Å²) in [5.41, 5.74) is -0.325. The Morgan fingerprint density at radius 1 is 1.20 bits per heavy atom. The number of amides is 3. The highest BCUT2D eigenvalue weighted by Gasteiger charge is 2.49. The molecule has 25 heavy (non-hydrogen) atoms. The molecule has 0 aromatic heterocycles. The maximum absolute atomic E-state index is 12.8. The van der Waals surface area contributed by atoms with Gasteiger partial charge in [-0.25, -0.2) is 4.79 Å². The van der Waals surface area contributed by atoms with E-state index in [4.69, 9.17) is 0 Å². The lowest BCUT2D eigenvalue weighted by molar-refractivity contribution is -0.132. The van der Waals surface area contributed by atoms with Crippen LogP contribution in [0.5, 0.6) is 0 Å². The predicted octanol–water partition coefficient (Wildman–Crippen LogP) is 1.55. The fourth-order valence-corrected chi connectivity index (χ4v) is 3.64. The lowest BCUT2D eigenvalue weighted by Crippen LogP contribution is -2.45. The monoisotopic (exact) mass is 345 g/mol. The maximum atomic E-state index is 12.8. The van der Waals surface area contributed by atoms with Crippen molar-refractivity contribution in [2.45, 2.75) is 38.3 Å². The van der Waals surface area contributed by atoms with Crippen LogP contribution in [0.15, 0.2) is 30.3 Å². The van der Waals surface area contributed by atoms with E-state index in [9.17, 15) is 14.7 Å². The number of hydrogen-bond donors (Lipinski definition) is 2. The summed E-state index contributed by atoms with van der Waals surface area (Å²) in [6, 6.07) is 8.77. The van der Waals surface area contributed by atoms with Crippen molar-refractivity contribution in [1.29, 1.82) is 0 Å². The van der Waals surface area contributed by atoms with Crippen molar-refractivity contribution >= 4 is 11.9 Å². The maximum Gasteiger partial charge on any atom is 0.325 e. The predicted molar refractivity (Wildman–Crippen MR) is 94.9 cm³/mol. The van der Waals surface area contributed by atoms with Crippen molar-refractivity contribution in [3.8, 4) is 0 Å². The minimum atomic E-state index is -1.07. The normalized spacial score (nSPS) is 26.8. The number of nitrogens with zero attached hydrogens (tertiary/aromatic N) is 2. The van der Waals surface area contributed by atoms with Gasteiger partial charge in [-0.3, -0.25) is 9.69 Å². The first-order valence-corrected chi connectivity index (χ1v) is 9.00. The topological polar surface area (TPSA) is 72.9 Å². The Labute approximate surface area is 148 Å². The summed E-state index contributed by atoms with van der Waals surface area (Å²) in [5, 5.41) is 13.2. The summed E-state index contributed by atoms with van der Waals surface area (Å²) in [7, 11) is 0. The molecule has 0 bridgehead atoms. The number of benzene rings is 1. The van der Waals surface area contributed by atoms with E-state index < -0.39 is 17.7 Å². The molecule has 0 spiro atoms. The molecule has 2 aliphatic rings. The van der Waals surface area contributed by atoms with Crippen molar-refractivity contribution in [3.05, 3.63) is 35.9 Å². The van der Waals surface area contributed by atoms with E-state index in [1.54, 1.807) is 6.92 Å². The molecule has 6 heteroatoms. The highest BCUT2D eigenvalue weighted by Crippen LogP contribution is 2.28. The minimum Gasteiger partial charge on any atom is -0.390 e. The third kappa shape index (κ3) is 3.70. The van der Waals surface area contributed by atoms with Crippen LogP contribution in [0.1, 0.15) is 32.3 Å². The molecular formula is C19H27N3O3. The Kier molecular flexibility index (Phi) is 5.11. The Bertz CT molecular complexity index is 628. The molecule has 1 aromatic rings. The van der Waals surface area contributed by atoms with Crippen LogP contribution in [0.2, 0.25) is 0 Å². The molecule has 0 unspecified atom stereocenters. The van der Waals surface area contributed by atoms with Gasteiger partial charge < -0.3 is 15.3 Å². The zero-order chi connectivity index (χ0) is 18.0. The zero-order valence-electron chi connectivity index (χ0n) is 14.9. The van der Waals surface area contributed by atoms with E-state index in [-0.39, 0.29) is 12.5 Å². The highest BCUT2D eigenvalue weighted by atomic mass is 16.3. The van der Waals surface area contributed by atoms with Crippen molar-refractivity contribution in [1.82, 2.24) is 15.1 Å². The second kappa shape index (κ2) is 7.14. The van der Waals surface area contributed by atoms with Crippen LogP contribution in [0.3, 0.4) is 0 Å². The Balaban J connectivity index is 1.63. The number of rotatable bonds is 5. The molecule has 2 fully saturated rings. The molecule has 0 aliphatic carbocycles. The number of piperidine rings is 1. The molecule has 0 saturated carbocycles.